The standard InChI is InChI=1S/C25H19ClN2O3S2/c1-16-3-6-19(7-4-16)33(29,30)28-14-22(21-8-5-18(26)13-23(21)31-2)24-20(9-11-27-25(24)28)17-10-12-32-15-17/h3-15H,1-2H3. The third-order valence-electron chi connectivity index (χ3n) is 5.52. The molecule has 5 aromatic rings. The lowest BCUT2D eigenvalue weighted by atomic mass is 9.99. The van der Waals surface area contributed by atoms with Gasteiger partial charge in [0, 0.05) is 33.9 Å². The van der Waals surface area contributed by atoms with Gasteiger partial charge in [0.05, 0.1) is 12.0 Å². The molecule has 0 bridgehead atoms. The van der Waals surface area contributed by atoms with Gasteiger partial charge < -0.3 is 4.74 Å². The molecule has 0 amide bonds. The number of rotatable bonds is 5. The summed E-state index contributed by atoms with van der Waals surface area (Å²) in [6.45, 7) is 1.92. The zero-order valence-electron chi connectivity index (χ0n) is 17.8. The molecule has 166 valence electrons. The second-order valence-corrected chi connectivity index (χ2v) is 10.6. The number of aryl methyl sites for hydroxylation is 1. The molecule has 0 aliphatic rings. The largest absolute Gasteiger partial charge is 0.496 e. The van der Waals surface area contributed by atoms with E-state index in [9.17, 15) is 8.42 Å². The summed E-state index contributed by atoms with van der Waals surface area (Å²) >= 11 is 7.77. The summed E-state index contributed by atoms with van der Waals surface area (Å²) < 4.78 is 34.2. The fourth-order valence-electron chi connectivity index (χ4n) is 3.88. The average molecular weight is 495 g/mol. The summed E-state index contributed by atoms with van der Waals surface area (Å²) in [7, 11) is -2.33. The molecule has 0 spiro atoms. The van der Waals surface area contributed by atoms with Crippen molar-refractivity contribution in [2.45, 2.75) is 11.8 Å². The van der Waals surface area contributed by atoms with Gasteiger partial charge in [-0.15, -0.1) is 0 Å². The zero-order chi connectivity index (χ0) is 23.2. The van der Waals surface area contributed by atoms with Crippen LogP contribution >= 0.6 is 22.9 Å². The van der Waals surface area contributed by atoms with Crippen molar-refractivity contribution in [2.75, 3.05) is 7.11 Å². The van der Waals surface area contributed by atoms with Gasteiger partial charge in [-0.05, 0) is 71.3 Å². The van der Waals surface area contributed by atoms with Crippen LogP contribution in [0.3, 0.4) is 0 Å². The summed E-state index contributed by atoms with van der Waals surface area (Å²) in [6, 6.07) is 16.0. The molecule has 0 saturated carbocycles. The lowest BCUT2D eigenvalue weighted by Crippen LogP contribution is -2.12. The Morgan fingerprint density at radius 3 is 2.48 bits per heavy atom. The number of ether oxygens (including phenoxy) is 1. The molecular weight excluding hydrogens is 476 g/mol. The minimum absolute atomic E-state index is 0.197. The van der Waals surface area contributed by atoms with Crippen LogP contribution in [0.4, 0.5) is 0 Å². The number of nitrogens with zero attached hydrogens (tertiary/aromatic N) is 2. The first kappa shape index (κ1) is 21.7. The molecule has 0 radical (unpaired) electrons. The molecule has 8 heteroatoms. The molecule has 0 atom stereocenters. The van der Waals surface area contributed by atoms with Crippen LogP contribution in [0.1, 0.15) is 5.56 Å². The number of fused-ring (bicyclic) bond motifs is 1. The van der Waals surface area contributed by atoms with Gasteiger partial charge in [-0.2, -0.15) is 11.3 Å². The van der Waals surface area contributed by atoms with E-state index in [0.717, 1.165) is 27.6 Å². The molecule has 0 fully saturated rings. The Hall–Kier alpha value is -3.13. The van der Waals surface area contributed by atoms with E-state index >= 15 is 0 Å². The first-order valence-corrected chi connectivity index (χ1v) is 12.8. The van der Waals surface area contributed by atoms with Crippen molar-refractivity contribution in [3.63, 3.8) is 0 Å². The highest BCUT2D eigenvalue weighted by atomic mass is 35.5. The van der Waals surface area contributed by atoms with Gasteiger partial charge in [-0.3, -0.25) is 0 Å². The molecule has 3 heterocycles. The van der Waals surface area contributed by atoms with Crippen molar-refractivity contribution in [1.29, 1.82) is 0 Å². The third-order valence-corrected chi connectivity index (χ3v) is 8.10. The SMILES string of the molecule is COc1cc(Cl)ccc1-c1cn(S(=O)(=O)c2ccc(C)cc2)c2nccc(-c3ccsc3)c12. The van der Waals surface area contributed by atoms with Gasteiger partial charge in [-0.1, -0.05) is 29.3 Å². The summed E-state index contributed by atoms with van der Waals surface area (Å²) in [5.74, 6) is 0.550. The van der Waals surface area contributed by atoms with E-state index in [2.05, 4.69) is 4.98 Å². The average Bonchev–Trinajstić information content (AvgIpc) is 3.48. The molecule has 0 unspecified atom stereocenters. The van der Waals surface area contributed by atoms with Gasteiger partial charge in [-0.25, -0.2) is 17.4 Å². The van der Waals surface area contributed by atoms with E-state index in [-0.39, 0.29) is 4.90 Å². The van der Waals surface area contributed by atoms with E-state index < -0.39 is 10.0 Å². The number of hydrogen-bond acceptors (Lipinski definition) is 5. The van der Waals surface area contributed by atoms with Crippen LogP contribution in [0.5, 0.6) is 5.75 Å². The smallest absolute Gasteiger partial charge is 0.269 e. The normalized spacial score (nSPS) is 11.7. The Kier molecular flexibility index (Phi) is 5.48. The molecule has 0 saturated heterocycles. The first-order chi connectivity index (χ1) is 15.9. The summed E-state index contributed by atoms with van der Waals surface area (Å²) in [6.07, 6.45) is 3.26. The fourth-order valence-corrected chi connectivity index (χ4v) is 6.02. The second kappa shape index (κ2) is 8.33. The number of methoxy groups -OCH3 is 1. The summed E-state index contributed by atoms with van der Waals surface area (Å²) in [5, 5.41) is 5.28. The van der Waals surface area contributed by atoms with Gasteiger partial charge >= 0.3 is 0 Å². The second-order valence-electron chi connectivity index (χ2n) is 7.57. The predicted molar refractivity (Wildman–Crippen MR) is 134 cm³/mol. The molecule has 0 aliphatic carbocycles. The monoisotopic (exact) mass is 494 g/mol. The number of halogens is 1. The van der Waals surface area contributed by atoms with Crippen LogP contribution in [0, 0.1) is 6.92 Å². The first-order valence-electron chi connectivity index (χ1n) is 10.1. The van der Waals surface area contributed by atoms with Crippen LogP contribution in [-0.2, 0) is 10.0 Å². The number of benzene rings is 2. The number of pyridine rings is 1. The topological polar surface area (TPSA) is 61.2 Å². The van der Waals surface area contributed by atoms with Crippen molar-refractivity contribution in [1.82, 2.24) is 8.96 Å². The minimum atomic E-state index is -3.89. The van der Waals surface area contributed by atoms with Crippen molar-refractivity contribution in [3.8, 4) is 28.0 Å². The Balaban J connectivity index is 1.87. The third kappa shape index (κ3) is 3.72. The van der Waals surface area contributed by atoms with Crippen LogP contribution in [0.25, 0.3) is 33.3 Å². The van der Waals surface area contributed by atoms with E-state index in [1.165, 1.54) is 3.97 Å². The lowest BCUT2D eigenvalue weighted by Gasteiger charge is -2.09. The fraction of sp³-hybridized carbons (Fsp3) is 0.0800. The lowest BCUT2D eigenvalue weighted by molar-refractivity contribution is 0.416. The molecule has 0 aliphatic heterocycles. The Morgan fingerprint density at radius 1 is 1.00 bits per heavy atom. The number of aromatic nitrogens is 2. The number of hydrogen-bond donors (Lipinski definition) is 0. The molecule has 2 aromatic carbocycles. The Bertz CT molecular complexity index is 1570. The van der Waals surface area contributed by atoms with Gasteiger partial charge in [0.2, 0.25) is 0 Å². The van der Waals surface area contributed by atoms with Crippen molar-refractivity contribution in [3.05, 3.63) is 88.3 Å². The predicted octanol–water partition coefficient (Wildman–Crippen LogP) is 6.64. The summed E-state index contributed by atoms with van der Waals surface area (Å²) in [5.41, 5.74) is 4.65. The molecule has 5 nitrogen and oxygen atoms in total. The highest BCUT2D eigenvalue weighted by Crippen LogP contribution is 2.42. The van der Waals surface area contributed by atoms with Gasteiger partial charge in [0.15, 0.2) is 5.65 Å². The molecule has 5 rings (SSSR count). The van der Waals surface area contributed by atoms with Crippen molar-refractivity contribution < 1.29 is 13.2 Å². The highest BCUT2D eigenvalue weighted by Gasteiger charge is 2.26. The minimum Gasteiger partial charge on any atom is -0.496 e. The summed E-state index contributed by atoms with van der Waals surface area (Å²) in [4.78, 5) is 4.70. The molecule has 33 heavy (non-hydrogen) atoms. The van der Waals surface area contributed by atoms with E-state index in [1.54, 1.807) is 67.2 Å². The van der Waals surface area contributed by atoms with Gasteiger partial charge in [0.25, 0.3) is 10.0 Å². The van der Waals surface area contributed by atoms with Crippen LogP contribution in [-0.4, -0.2) is 24.5 Å². The molecule has 0 N–H and O–H groups in total. The van der Waals surface area contributed by atoms with Crippen molar-refractivity contribution >= 4 is 44.0 Å². The maximum absolute atomic E-state index is 13.7. The Morgan fingerprint density at radius 2 is 1.79 bits per heavy atom. The van der Waals surface area contributed by atoms with E-state index in [0.29, 0.717) is 22.0 Å². The maximum atomic E-state index is 13.7. The highest BCUT2D eigenvalue weighted by molar-refractivity contribution is 7.90. The Labute approximate surface area is 200 Å². The number of thiophene rings is 1. The van der Waals surface area contributed by atoms with E-state index in [1.807, 2.05) is 35.9 Å². The molecular formula is C25H19ClN2O3S2. The van der Waals surface area contributed by atoms with Crippen LogP contribution in [0.15, 0.2) is 82.6 Å². The maximum Gasteiger partial charge on any atom is 0.269 e. The quantitative estimate of drug-likeness (QED) is 0.275. The van der Waals surface area contributed by atoms with Crippen LogP contribution < -0.4 is 4.74 Å². The van der Waals surface area contributed by atoms with Gasteiger partial charge in [0.1, 0.15) is 5.75 Å². The van der Waals surface area contributed by atoms with Crippen LogP contribution in [0.2, 0.25) is 5.02 Å². The zero-order valence-corrected chi connectivity index (χ0v) is 20.2. The van der Waals surface area contributed by atoms with E-state index in [4.69, 9.17) is 16.3 Å². The molecule has 3 aromatic heterocycles. The van der Waals surface area contributed by atoms with Crippen molar-refractivity contribution in [2.24, 2.45) is 0 Å².